The number of phenolic OH excluding ortho intramolecular Hbond substituents is 1. The molecule has 0 bridgehead atoms. The van der Waals surface area contributed by atoms with E-state index in [1.165, 1.54) is 19.3 Å². The van der Waals surface area contributed by atoms with E-state index in [1.807, 2.05) is 32.1 Å². The van der Waals surface area contributed by atoms with Gasteiger partial charge in [-0.15, -0.1) is 0 Å². The molecule has 28 heavy (non-hydrogen) atoms. The average Bonchev–Trinajstić information content (AvgIpc) is 2.63. The minimum Gasteiger partial charge on any atom is -0.507 e. The summed E-state index contributed by atoms with van der Waals surface area (Å²) in [6.07, 6.45) is 6.70. The lowest BCUT2D eigenvalue weighted by atomic mass is 9.96. The Bertz CT molecular complexity index is 960. The number of methoxy groups -OCH3 is 1. The van der Waals surface area contributed by atoms with Crippen LogP contribution >= 0.6 is 11.6 Å². The monoisotopic (exact) mass is 400 g/mol. The number of carbonyl (C=O) groups is 1. The highest BCUT2D eigenvalue weighted by Gasteiger charge is 2.30. The summed E-state index contributed by atoms with van der Waals surface area (Å²) in [5, 5.41) is 11.1. The molecule has 0 saturated carbocycles. The molecule has 2 aromatic rings. The Hall–Kier alpha value is -2.76. The van der Waals surface area contributed by atoms with Gasteiger partial charge in [-0.1, -0.05) is 29.8 Å². The summed E-state index contributed by atoms with van der Waals surface area (Å²) in [4.78, 5) is 12.9. The van der Waals surface area contributed by atoms with E-state index in [9.17, 15) is 9.90 Å². The van der Waals surface area contributed by atoms with Crippen LogP contribution in [0.5, 0.6) is 17.2 Å². The highest BCUT2D eigenvalue weighted by atomic mass is 35.5. The predicted octanol–water partition coefficient (Wildman–Crippen LogP) is 5.11. The Kier molecular flexibility index (Phi) is 5.77. The smallest absolute Gasteiger partial charge is 0.193 e. The topological polar surface area (TPSA) is 65.0 Å². The second-order valence-corrected chi connectivity index (χ2v) is 7.29. The number of hydrogen-bond acceptors (Lipinski definition) is 5. The first-order chi connectivity index (χ1) is 13.3. The first-order valence-corrected chi connectivity index (χ1v) is 9.06. The van der Waals surface area contributed by atoms with Crippen molar-refractivity contribution in [2.24, 2.45) is 0 Å². The lowest BCUT2D eigenvalue weighted by molar-refractivity contribution is 0.0502. The molecule has 5 nitrogen and oxygen atoms in total. The van der Waals surface area contributed by atoms with Crippen LogP contribution < -0.4 is 9.47 Å². The number of halogens is 1. The van der Waals surface area contributed by atoms with Crippen molar-refractivity contribution in [3.63, 3.8) is 0 Å². The Balaban J connectivity index is 2.03. The van der Waals surface area contributed by atoms with Crippen LogP contribution in [0.1, 0.15) is 35.3 Å². The summed E-state index contributed by atoms with van der Waals surface area (Å²) >= 11 is 5.98. The van der Waals surface area contributed by atoms with Crippen LogP contribution in [0.2, 0.25) is 5.02 Å². The van der Waals surface area contributed by atoms with Crippen LogP contribution in [-0.4, -0.2) is 30.4 Å². The molecule has 0 amide bonds. The van der Waals surface area contributed by atoms with Gasteiger partial charge in [0.05, 0.1) is 5.56 Å². The summed E-state index contributed by atoms with van der Waals surface area (Å²) in [6.45, 7) is 3.73. The average molecular weight is 401 g/mol. The lowest BCUT2D eigenvalue weighted by Gasteiger charge is -2.30. The Labute approximate surface area is 168 Å². The normalized spacial score (nSPS) is 14.6. The van der Waals surface area contributed by atoms with Crippen LogP contribution in [0.25, 0.3) is 12.2 Å². The van der Waals surface area contributed by atoms with Gasteiger partial charge < -0.3 is 19.3 Å². The van der Waals surface area contributed by atoms with Gasteiger partial charge in [0.25, 0.3) is 0 Å². The third-order valence-electron chi connectivity index (χ3n) is 4.13. The molecule has 0 saturated heterocycles. The van der Waals surface area contributed by atoms with Gasteiger partial charge in [0.1, 0.15) is 28.4 Å². The summed E-state index contributed by atoms with van der Waals surface area (Å²) in [6, 6.07) is 8.51. The van der Waals surface area contributed by atoms with Crippen LogP contribution in [0.3, 0.4) is 0 Å². The van der Waals surface area contributed by atoms with Crippen LogP contribution in [0, 0.1) is 0 Å². The summed E-state index contributed by atoms with van der Waals surface area (Å²) in [5.74, 6) is 0.0330. The van der Waals surface area contributed by atoms with Gasteiger partial charge in [0.15, 0.2) is 12.6 Å². The molecule has 0 fully saturated rings. The molecule has 6 heteroatoms. The number of rotatable bonds is 6. The molecule has 0 radical (unpaired) electrons. The zero-order chi connectivity index (χ0) is 20.3. The predicted molar refractivity (Wildman–Crippen MR) is 109 cm³/mol. The van der Waals surface area contributed by atoms with Crippen molar-refractivity contribution in [1.29, 1.82) is 0 Å². The molecular formula is C22H21ClO5. The van der Waals surface area contributed by atoms with Crippen molar-refractivity contribution < 1.29 is 24.1 Å². The van der Waals surface area contributed by atoms with E-state index in [0.29, 0.717) is 16.3 Å². The van der Waals surface area contributed by atoms with Crippen molar-refractivity contribution in [1.82, 2.24) is 0 Å². The van der Waals surface area contributed by atoms with Crippen molar-refractivity contribution in [3.05, 3.63) is 64.2 Å². The van der Waals surface area contributed by atoms with E-state index < -0.39 is 11.4 Å². The molecule has 1 aliphatic rings. The first-order valence-electron chi connectivity index (χ1n) is 8.68. The standard InChI is InChI=1S/C22H21ClO5/c1-22(2)10-9-16-19(27-13-26-3)12-18(25)20(21(16)28-22)17(24)8-7-14-5-4-6-15(23)11-14/h4-12,25H,13H2,1-3H3/b8-7+. The number of phenols is 1. The molecule has 0 unspecified atom stereocenters. The van der Waals surface area contributed by atoms with E-state index in [2.05, 4.69) is 0 Å². The number of ketones is 1. The number of ether oxygens (including phenoxy) is 3. The molecule has 0 aliphatic carbocycles. The van der Waals surface area contributed by atoms with Crippen molar-refractivity contribution >= 4 is 29.5 Å². The number of benzene rings is 2. The van der Waals surface area contributed by atoms with Gasteiger partial charge in [-0.25, -0.2) is 0 Å². The van der Waals surface area contributed by atoms with Crippen molar-refractivity contribution in [3.8, 4) is 17.2 Å². The Morgan fingerprint density at radius 1 is 1.32 bits per heavy atom. The highest BCUT2D eigenvalue weighted by molar-refractivity contribution is 6.30. The maximum Gasteiger partial charge on any atom is 0.193 e. The van der Waals surface area contributed by atoms with Crippen molar-refractivity contribution in [2.45, 2.75) is 19.4 Å². The molecule has 0 aromatic heterocycles. The third-order valence-corrected chi connectivity index (χ3v) is 4.37. The maximum atomic E-state index is 12.9. The molecule has 2 aromatic carbocycles. The van der Waals surface area contributed by atoms with Gasteiger partial charge in [0.2, 0.25) is 0 Å². The molecule has 1 heterocycles. The van der Waals surface area contributed by atoms with Crippen LogP contribution in [0.15, 0.2) is 42.5 Å². The fourth-order valence-electron chi connectivity index (χ4n) is 2.83. The molecule has 1 N–H and O–H groups in total. The summed E-state index contributed by atoms with van der Waals surface area (Å²) in [5.41, 5.74) is 0.796. The highest BCUT2D eigenvalue weighted by Crippen LogP contribution is 2.44. The molecule has 3 rings (SSSR count). The number of aromatic hydroxyl groups is 1. The number of hydrogen-bond donors (Lipinski definition) is 1. The molecule has 0 atom stereocenters. The van der Waals surface area contributed by atoms with E-state index >= 15 is 0 Å². The number of fused-ring (bicyclic) bond motifs is 1. The van der Waals surface area contributed by atoms with Gasteiger partial charge in [-0.05, 0) is 49.8 Å². The fraction of sp³-hybridized carbons (Fsp3) is 0.227. The SMILES string of the molecule is COCOc1cc(O)c(C(=O)/C=C/c2cccc(Cl)c2)c2c1C=CC(C)(C)O2. The van der Waals surface area contributed by atoms with Crippen molar-refractivity contribution in [2.75, 3.05) is 13.9 Å². The molecule has 0 spiro atoms. The second kappa shape index (κ2) is 8.09. The van der Waals surface area contributed by atoms with Gasteiger partial charge in [0, 0.05) is 18.2 Å². The zero-order valence-electron chi connectivity index (χ0n) is 15.9. The quantitative estimate of drug-likeness (QED) is 0.414. The van der Waals surface area contributed by atoms with E-state index in [0.717, 1.165) is 5.56 Å². The minimum absolute atomic E-state index is 0.00503. The van der Waals surface area contributed by atoms with Crippen LogP contribution in [0.4, 0.5) is 0 Å². The number of allylic oxidation sites excluding steroid dienone is 1. The molecule has 1 aliphatic heterocycles. The van der Waals surface area contributed by atoms with Gasteiger partial charge in [-0.3, -0.25) is 4.79 Å². The Morgan fingerprint density at radius 3 is 2.82 bits per heavy atom. The molecular weight excluding hydrogens is 380 g/mol. The summed E-state index contributed by atoms with van der Waals surface area (Å²) in [7, 11) is 1.50. The fourth-order valence-corrected chi connectivity index (χ4v) is 3.03. The van der Waals surface area contributed by atoms with E-state index in [4.69, 9.17) is 25.8 Å². The van der Waals surface area contributed by atoms with E-state index in [-0.39, 0.29) is 23.9 Å². The second-order valence-electron chi connectivity index (χ2n) is 6.85. The Morgan fingerprint density at radius 2 is 2.11 bits per heavy atom. The maximum absolute atomic E-state index is 12.9. The van der Waals surface area contributed by atoms with Crippen LogP contribution in [-0.2, 0) is 4.74 Å². The third kappa shape index (κ3) is 4.38. The number of carbonyl (C=O) groups excluding carboxylic acids is 1. The zero-order valence-corrected chi connectivity index (χ0v) is 16.6. The van der Waals surface area contributed by atoms with E-state index in [1.54, 1.807) is 24.3 Å². The van der Waals surface area contributed by atoms with Gasteiger partial charge >= 0.3 is 0 Å². The first kappa shape index (κ1) is 20.0. The minimum atomic E-state index is -0.634. The lowest BCUT2D eigenvalue weighted by Crippen LogP contribution is -2.28. The largest absolute Gasteiger partial charge is 0.507 e. The molecule has 146 valence electrons. The summed E-state index contributed by atoms with van der Waals surface area (Å²) < 4.78 is 16.5. The van der Waals surface area contributed by atoms with Gasteiger partial charge in [-0.2, -0.15) is 0 Å².